The molecule has 1 rings (SSSR count). The topological polar surface area (TPSA) is 98.5 Å². The fraction of sp³-hybridized carbons (Fsp3) is 0.867. The van der Waals surface area contributed by atoms with Crippen LogP contribution in [0.1, 0.15) is 46.5 Å². The van der Waals surface area contributed by atoms with E-state index in [4.69, 9.17) is 4.74 Å². The van der Waals surface area contributed by atoms with E-state index < -0.39 is 24.0 Å². The van der Waals surface area contributed by atoms with E-state index in [0.29, 0.717) is 12.8 Å². The van der Waals surface area contributed by atoms with Crippen molar-refractivity contribution in [1.29, 1.82) is 0 Å². The van der Waals surface area contributed by atoms with Gasteiger partial charge in [-0.25, -0.2) is 4.79 Å². The van der Waals surface area contributed by atoms with Gasteiger partial charge in [0.25, 0.3) is 0 Å². The van der Waals surface area contributed by atoms with E-state index in [-0.39, 0.29) is 22.7 Å². The maximum Gasteiger partial charge on any atom is 0.328 e. The first-order valence-corrected chi connectivity index (χ1v) is 7.81. The van der Waals surface area contributed by atoms with E-state index in [1.807, 2.05) is 13.8 Å². The number of hydrogen-bond acceptors (Lipinski definition) is 5. The lowest BCUT2D eigenvalue weighted by atomic mass is 9.77. The van der Waals surface area contributed by atoms with Crippen molar-refractivity contribution < 1.29 is 19.2 Å². The van der Waals surface area contributed by atoms with Crippen LogP contribution < -0.4 is 5.32 Å². The van der Waals surface area contributed by atoms with Gasteiger partial charge in [0.05, 0.1) is 7.11 Å². The minimum Gasteiger partial charge on any atom is -0.467 e. The second-order valence-electron chi connectivity index (χ2n) is 6.34. The first-order valence-electron chi connectivity index (χ1n) is 7.81. The van der Waals surface area contributed by atoms with Crippen LogP contribution in [0.3, 0.4) is 0 Å². The second kappa shape index (κ2) is 8.10. The first-order chi connectivity index (χ1) is 10.3. The van der Waals surface area contributed by atoms with Crippen LogP contribution in [0.15, 0.2) is 0 Å². The Balaban J connectivity index is 2.77. The lowest BCUT2D eigenvalue weighted by molar-refractivity contribution is -0.537. The summed E-state index contributed by atoms with van der Waals surface area (Å²) in [5.41, 5.74) is 0. The molecule has 1 N–H and O–H groups in total. The van der Waals surface area contributed by atoms with Gasteiger partial charge in [-0.05, 0) is 18.8 Å². The number of methoxy groups -OCH3 is 1. The molecule has 0 bridgehead atoms. The number of ether oxygens (including phenoxy) is 1. The van der Waals surface area contributed by atoms with Gasteiger partial charge in [-0.15, -0.1) is 0 Å². The highest BCUT2D eigenvalue weighted by Crippen LogP contribution is 2.32. The summed E-state index contributed by atoms with van der Waals surface area (Å²) in [5, 5.41) is 13.9. The summed E-state index contributed by atoms with van der Waals surface area (Å²) in [6, 6.07) is -1.40. The van der Waals surface area contributed by atoms with Crippen LogP contribution in [0.5, 0.6) is 0 Å². The number of nitrogens with one attached hydrogen (secondary N) is 1. The maximum absolute atomic E-state index is 12.4. The fourth-order valence-corrected chi connectivity index (χ4v) is 3.09. The van der Waals surface area contributed by atoms with Crippen LogP contribution in [0, 0.1) is 27.9 Å². The van der Waals surface area contributed by atoms with Gasteiger partial charge in [-0.2, -0.15) is 0 Å². The molecular weight excluding hydrogens is 288 g/mol. The third-order valence-corrected chi connectivity index (χ3v) is 4.53. The van der Waals surface area contributed by atoms with Gasteiger partial charge in [0, 0.05) is 23.2 Å². The molecule has 0 unspecified atom stereocenters. The summed E-state index contributed by atoms with van der Waals surface area (Å²) in [6.45, 7) is 5.33. The van der Waals surface area contributed by atoms with Crippen LogP contribution >= 0.6 is 0 Å². The Labute approximate surface area is 130 Å². The minimum absolute atomic E-state index is 0.110. The largest absolute Gasteiger partial charge is 0.467 e. The molecule has 22 heavy (non-hydrogen) atoms. The van der Waals surface area contributed by atoms with Gasteiger partial charge in [-0.3, -0.25) is 14.9 Å². The number of rotatable bonds is 6. The molecule has 0 aromatic carbocycles. The Hall–Kier alpha value is -1.66. The molecule has 0 aliphatic heterocycles. The molecule has 1 fully saturated rings. The van der Waals surface area contributed by atoms with Crippen molar-refractivity contribution >= 4 is 11.9 Å². The normalized spacial score (nSPS) is 24.4. The van der Waals surface area contributed by atoms with Crippen molar-refractivity contribution in [2.45, 2.75) is 58.5 Å². The molecule has 1 amide bonds. The van der Waals surface area contributed by atoms with Crippen molar-refractivity contribution in [3.8, 4) is 0 Å². The molecule has 0 heterocycles. The summed E-state index contributed by atoms with van der Waals surface area (Å²) in [6.07, 6.45) is 2.91. The van der Waals surface area contributed by atoms with E-state index in [1.54, 1.807) is 6.92 Å². The molecule has 0 aromatic rings. The average Bonchev–Trinajstić information content (AvgIpc) is 2.50. The molecule has 7 nitrogen and oxygen atoms in total. The second-order valence-corrected chi connectivity index (χ2v) is 6.34. The zero-order valence-corrected chi connectivity index (χ0v) is 13.7. The third-order valence-electron chi connectivity index (χ3n) is 4.53. The summed E-state index contributed by atoms with van der Waals surface area (Å²) in [4.78, 5) is 35.0. The lowest BCUT2D eigenvalue weighted by Crippen LogP contribution is -2.49. The smallest absolute Gasteiger partial charge is 0.328 e. The van der Waals surface area contributed by atoms with Crippen molar-refractivity contribution in [1.82, 2.24) is 5.32 Å². The minimum atomic E-state index is -0.724. The Morgan fingerprint density at radius 2 is 1.82 bits per heavy atom. The predicted molar refractivity (Wildman–Crippen MR) is 80.7 cm³/mol. The third kappa shape index (κ3) is 4.42. The highest BCUT2D eigenvalue weighted by molar-refractivity contribution is 5.85. The average molecular weight is 314 g/mol. The molecular formula is C15H26N2O5. The van der Waals surface area contributed by atoms with Gasteiger partial charge >= 0.3 is 5.97 Å². The van der Waals surface area contributed by atoms with Crippen molar-refractivity contribution in [3.63, 3.8) is 0 Å². The highest BCUT2D eigenvalue weighted by atomic mass is 16.6. The van der Waals surface area contributed by atoms with Crippen molar-refractivity contribution in [2.24, 2.45) is 17.8 Å². The standard InChI is InChI=1S/C15H26N2O5/c1-9(2)13(15(19)22-4)16-14(18)10(3)11-7-5-6-8-12(11)17(20)21/h9-13H,5-8H2,1-4H3,(H,16,18)/t10-,11-,12+,13+/m1/s1. The van der Waals surface area contributed by atoms with Gasteiger partial charge in [0.1, 0.15) is 6.04 Å². The molecule has 4 atom stereocenters. The predicted octanol–water partition coefficient (Wildman–Crippen LogP) is 1.77. The maximum atomic E-state index is 12.4. The number of amides is 1. The summed E-state index contributed by atoms with van der Waals surface area (Å²) in [7, 11) is 1.28. The van der Waals surface area contributed by atoms with Crippen LogP contribution in [0.4, 0.5) is 0 Å². The van der Waals surface area contributed by atoms with Crippen LogP contribution in [0.2, 0.25) is 0 Å². The number of carbonyl (C=O) groups is 2. The van der Waals surface area contributed by atoms with Gasteiger partial charge in [-0.1, -0.05) is 27.2 Å². The van der Waals surface area contributed by atoms with Crippen LogP contribution in [-0.2, 0) is 14.3 Å². The van der Waals surface area contributed by atoms with E-state index >= 15 is 0 Å². The molecule has 0 radical (unpaired) electrons. The van der Waals surface area contributed by atoms with Gasteiger partial charge < -0.3 is 10.1 Å². The van der Waals surface area contributed by atoms with E-state index in [1.165, 1.54) is 7.11 Å². The molecule has 1 aliphatic rings. The Bertz CT molecular complexity index is 424. The van der Waals surface area contributed by atoms with Crippen molar-refractivity contribution in [2.75, 3.05) is 7.11 Å². The van der Waals surface area contributed by atoms with Crippen molar-refractivity contribution in [3.05, 3.63) is 10.1 Å². The zero-order chi connectivity index (χ0) is 16.9. The van der Waals surface area contributed by atoms with E-state index in [2.05, 4.69) is 5.32 Å². The van der Waals surface area contributed by atoms with Crippen LogP contribution in [-0.4, -0.2) is 36.0 Å². The SMILES string of the molecule is COC(=O)[C@@H](NC(=O)[C@H](C)[C@H]1CCCC[C@@H]1[N+](=O)[O-])C(C)C. The molecule has 0 spiro atoms. The summed E-state index contributed by atoms with van der Waals surface area (Å²) >= 11 is 0. The van der Waals surface area contributed by atoms with E-state index in [9.17, 15) is 19.7 Å². The molecule has 1 saturated carbocycles. The number of nitrogens with zero attached hydrogens (tertiary/aromatic N) is 1. The molecule has 1 aliphatic carbocycles. The lowest BCUT2D eigenvalue weighted by Gasteiger charge is -2.30. The zero-order valence-electron chi connectivity index (χ0n) is 13.7. The Morgan fingerprint density at radius 3 is 2.32 bits per heavy atom. The monoisotopic (exact) mass is 314 g/mol. The quantitative estimate of drug-likeness (QED) is 0.457. The summed E-state index contributed by atoms with van der Waals surface area (Å²) in [5.74, 6) is -1.70. The number of carbonyl (C=O) groups excluding carboxylic acids is 2. The molecule has 126 valence electrons. The van der Waals surface area contributed by atoms with E-state index in [0.717, 1.165) is 12.8 Å². The summed E-state index contributed by atoms with van der Waals surface area (Å²) < 4.78 is 4.70. The first kappa shape index (κ1) is 18.4. The molecule has 0 aromatic heterocycles. The highest BCUT2D eigenvalue weighted by Gasteiger charge is 2.41. The Morgan fingerprint density at radius 1 is 1.23 bits per heavy atom. The van der Waals surface area contributed by atoms with Crippen LogP contribution in [0.25, 0.3) is 0 Å². The number of esters is 1. The van der Waals surface area contributed by atoms with Gasteiger partial charge in [0.2, 0.25) is 11.9 Å². The Kier molecular flexibility index (Phi) is 6.77. The van der Waals surface area contributed by atoms with Gasteiger partial charge in [0.15, 0.2) is 0 Å². The molecule has 7 heteroatoms. The molecule has 0 saturated heterocycles. The fourth-order valence-electron chi connectivity index (χ4n) is 3.09. The number of hydrogen-bond donors (Lipinski definition) is 1. The number of nitro groups is 1.